The number of hydrogen-bond donors (Lipinski definition) is 2. The second-order valence-electron chi connectivity index (χ2n) is 4.07. The fourth-order valence-electron chi connectivity index (χ4n) is 1.55. The topological polar surface area (TPSA) is 112 Å². The Hall–Kier alpha value is -2.46. The Balaban J connectivity index is 2.61. The fourth-order valence-corrected chi connectivity index (χ4v) is 1.55. The number of pyridine rings is 1. The number of aromatic nitrogens is 1. The molecule has 0 spiro atoms. The Morgan fingerprint density at radius 1 is 1.50 bits per heavy atom. The summed E-state index contributed by atoms with van der Waals surface area (Å²) in [5.74, 6) is -0.647. The molecule has 20 heavy (non-hydrogen) atoms. The average molecular weight is 275 g/mol. The number of nitrogens with two attached hydrogens (primary N) is 1. The molecular weight excluding hydrogens is 258 g/mol. The van der Waals surface area contributed by atoms with Gasteiger partial charge < -0.3 is 16.0 Å². The van der Waals surface area contributed by atoms with Gasteiger partial charge in [-0.25, -0.2) is 0 Å². The van der Waals surface area contributed by atoms with Gasteiger partial charge in [0.05, 0.1) is 25.6 Å². The second kappa shape index (κ2) is 8.61. The number of carbonyl (C=O) groups is 2. The van der Waals surface area contributed by atoms with Crippen molar-refractivity contribution in [3.63, 3.8) is 0 Å². The minimum absolute atomic E-state index is 0.123. The molecule has 0 aromatic carbocycles. The van der Waals surface area contributed by atoms with Gasteiger partial charge >= 0.3 is 0 Å². The van der Waals surface area contributed by atoms with Crippen molar-refractivity contribution in [2.45, 2.75) is 13.0 Å². The standard InChI is InChI=1S/C13H17N5O2/c14-4-2-6-18(10-11-3-1-5-16-8-11)13(20)9-17-12(19)7-15/h1,3,5,8H,2,6-7,9-10,15H2,(H,17,19). The number of hydrogen-bond acceptors (Lipinski definition) is 5. The minimum atomic E-state index is -0.389. The van der Waals surface area contributed by atoms with Gasteiger partial charge in [-0.3, -0.25) is 14.6 Å². The normalized spacial score (nSPS) is 9.60. The number of nitriles is 1. The van der Waals surface area contributed by atoms with Crippen molar-refractivity contribution in [3.8, 4) is 6.07 Å². The van der Waals surface area contributed by atoms with E-state index in [4.69, 9.17) is 11.0 Å². The van der Waals surface area contributed by atoms with Crippen molar-refractivity contribution < 1.29 is 9.59 Å². The lowest BCUT2D eigenvalue weighted by atomic mass is 10.2. The summed E-state index contributed by atoms with van der Waals surface area (Å²) in [5, 5.41) is 11.1. The molecule has 1 rings (SSSR count). The Morgan fingerprint density at radius 3 is 2.90 bits per heavy atom. The molecule has 0 fully saturated rings. The summed E-state index contributed by atoms with van der Waals surface area (Å²) in [7, 11) is 0. The Kier molecular flexibility index (Phi) is 6.71. The van der Waals surface area contributed by atoms with Gasteiger partial charge in [0.25, 0.3) is 0 Å². The number of nitrogens with one attached hydrogen (secondary N) is 1. The Morgan fingerprint density at radius 2 is 2.30 bits per heavy atom. The van der Waals surface area contributed by atoms with Gasteiger partial charge in [0.1, 0.15) is 0 Å². The molecule has 0 aliphatic rings. The van der Waals surface area contributed by atoms with Crippen LogP contribution in [-0.4, -0.2) is 41.3 Å². The van der Waals surface area contributed by atoms with Crippen LogP contribution in [0.4, 0.5) is 0 Å². The fraction of sp³-hybridized carbons (Fsp3) is 0.385. The van der Waals surface area contributed by atoms with Gasteiger partial charge in [0, 0.05) is 25.5 Å². The summed E-state index contributed by atoms with van der Waals surface area (Å²) in [6.45, 7) is 0.380. The molecule has 1 heterocycles. The molecule has 3 N–H and O–H groups in total. The molecule has 0 radical (unpaired) electrons. The van der Waals surface area contributed by atoms with E-state index >= 15 is 0 Å². The van der Waals surface area contributed by atoms with Crippen LogP contribution in [0.5, 0.6) is 0 Å². The van der Waals surface area contributed by atoms with Crippen LogP contribution in [0.15, 0.2) is 24.5 Å². The summed E-state index contributed by atoms with van der Waals surface area (Å²) in [4.78, 5) is 28.5. The maximum atomic E-state index is 12.0. The van der Waals surface area contributed by atoms with Crippen LogP contribution in [0.3, 0.4) is 0 Å². The van der Waals surface area contributed by atoms with Crippen LogP contribution in [-0.2, 0) is 16.1 Å². The minimum Gasteiger partial charge on any atom is -0.346 e. The van der Waals surface area contributed by atoms with Crippen LogP contribution in [0.1, 0.15) is 12.0 Å². The van der Waals surface area contributed by atoms with Crippen LogP contribution in [0.2, 0.25) is 0 Å². The third-order valence-corrected chi connectivity index (χ3v) is 2.56. The van der Waals surface area contributed by atoms with Crippen LogP contribution >= 0.6 is 0 Å². The highest BCUT2D eigenvalue weighted by Gasteiger charge is 2.14. The summed E-state index contributed by atoms with van der Waals surface area (Å²) in [6.07, 6.45) is 3.54. The predicted molar refractivity (Wildman–Crippen MR) is 71.9 cm³/mol. The van der Waals surface area contributed by atoms with E-state index in [2.05, 4.69) is 10.3 Å². The van der Waals surface area contributed by atoms with E-state index < -0.39 is 0 Å². The molecule has 2 amide bonds. The SMILES string of the molecule is N#CCCN(Cc1cccnc1)C(=O)CNC(=O)CN. The zero-order chi connectivity index (χ0) is 14.8. The molecule has 0 saturated carbocycles. The Bertz CT molecular complexity index is 483. The van der Waals surface area contributed by atoms with E-state index in [0.717, 1.165) is 5.56 Å². The summed E-state index contributed by atoms with van der Waals surface area (Å²) in [6, 6.07) is 5.62. The number of amides is 2. The molecule has 0 atom stereocenters. The molecule has 0 aliphatic carbocycles. The molecule has 1 aromatic rings. The lowest BCUT2D eigenvalue weighted by molar-refractivity contribution is -0.133. The van der Waals surface area contributed by atoms with Crippen molar-refractivity contribution >= 4 is 11.8 Å². The zero-order valence-corrected chi connectivity index (χ0v) is 11.1. The molecule has 0 saturated heterocycles. The van der Waals surface area contributed by atoms with E-state index in [0.29, 0.717) is 13.1 Å². The first-order valence-electron chi connectivity index (χ1n) is 6.17. The first-order valence-corrected chi connectivity index (χ1v) is 6.17. The van der Waals surface area contributed by atoms with Gasteiger partial charge in [-0.1, -0.05) is 6.07 Å². The zero-order valence-electron chi connectivity index (χ0n) is 11.1. The van der Waals surface area contributed by atoms with Crippen molar-refractivity contribution in [2.75, 3.05) is 19.6 Å². The first-order chi connectivity index (χ1) is 9.67. The van der Waals surface area contributed by atoms with Crippen molar-refractivity contribution in [1.82, 2.24) is 15.2 Å². The quantitative estimate of drug-likeness (QED) is 0.690. The molecule has 106 valence electrons. The highest BCUT2D eigenvalue weighted by atomic mass is 16.2. The van der Waals surface area contributed by atoms with E-state index in [1.165, 1.54) is 4.90 Å². The van der Waals surface area contributed by atoms with Gasteiger partial charge in [-0.05, 0) is 11.6 Å². The third-order valence-electron chi connectivity index (χ3n) is 2.56. The maximum absolute atomic E-state index is 12.0. The predicted octanol–water partition coefficient (Wildman–Crippen LogP) is -0.601. The van der Waals surface area contributed by atoms with E-state index in [9.17, 15) is 9.59 Å². The molecule has 1 aromatic heterocycles. The molecule has 0 bridgehead atoms. The first kappa shape index (κ1) is 15.6. The smallest absolute Gasteiger partial charge is 0.242 e. The van der Waals surface area contributed by atoms with Crippen LogP contribution in [0.25, 0.3) is 0 Å². The molecule has 7 nitrogen and oxygen atoms in total. The maximum Gasteiger partial charge on any atom is 0.242 e. The van der Waals surface area contributed by atoms with E-state index in [1.807, 2.05) is 12.1 Å². The van der Waals surface area contributed by atoms with Gasteiger partial charge in [-0.15, -0.1) is 0 Å². The van der Waals surface area contributed by atoms with Gasteiger partial charge in [0.2, 0.25) is 11.8 Å². The summed E-state index contributed by atoms with van der Waals surface area (Å²) >= 11 is 0. The highest BCUT2D eigenvalue weighted by Crippen LogP contribution is 2.04. The summed E-state index contributed by atoms with van der Waals surface area (Å²) < 4.78 is 0. The monoisotopic (exact) mass is 275 g/mol. The average Bonchev–Trinajstić information content (AvgIpc) is 2.49. The van der Waals surface area contributed by atoms with Crippen molar-refractivity contribution in [3.05, 3.63) is 30.1 Å². The van der Waals surface area contributed by atoms with Gasteiger partial charge in [0.15, 0.2) is 0 Å². The van der Waals surface area contributed by atoms with Gasteiger partial charge in [-0.2, -0.15) is 5.26 Å². The number of nitrogens with zero attached hydrogens (tertiary/aromatic N) is 3. The van der Waals surface area contributed by atoms with Crippen LogP contribution in [0, 0.1) is 11.3 Å². The Labute approximate surface area is 117 Å². The number of rotatable bonds is 7. The largest absolute Gasteiger partial charge is 0.346 e. The van der Waals surface area contributed by atoms with E-state index in [-0.39, 0.29) is 31.3 Å². The summed E-state index contributed by atoms with van der Waals surface area (Å²) in [5.41, 5.74) is 6.01. The lowest BCUT2D eigenvalue weighted by Crippen LogP contribution is -2.42. The van der Waals surface area contributed by atoms with Crippen molar-refractivity contribution in [1.29, 1.82) is 5.26 Å². The van der Waals surface area contributed by atoms with E-state index in [1.54, 1.807) is 18.5 Å². The van der Waals surface area contributed by atoms with Crippen molar-refractivity contribution in [2.24, 2.45) is 5.73 Å². The molecule has 0 aliphatic heterocycles. The molecule has 0 unspecified atom stereocenters. The lowest BCUT2D eigenvalue weighted by Gasteiger charge is -2.21. The third kappa shape index (κ3) is 5.46. The number of carbonyl (C=O) groups excluding carboxylic acids is 2. The molecule has 7 heteroatoms. The highest BCUT2D eigenvalue weighted by molar-refractivity contribution is 5.85. The van der Waals surface area contributed by atoms with Crippen LogP contribution < -0.4 is 11.1 Å². The second-order valence-corrected chi connectivity index (χ2v) is 4.07. The molecular formula is C13H17N5O2.